The highest BCUT2D eigenvalue weighted by Gasteiger charge is 2.22. The molecule has 0 radical (unpaired) electrons. The van der Waals surface area contributed by atoms with Crippen LogP contribution in [0.5, 0.6) is 0 Å². The van der Waals surface area contributed by atoms with Crippen LogP contribution in [0.3, 0.4) is 0 Å². The number of anilines is 2. The van der Waals surface area contributed by atoms with E-state index >= 15 is 0 Å². The molecule has 0 fully saturated rings. The number of nitrogens with one attached hydrogen (secondary N) is 1. The van der Waals surface area contributed by atoms with E-state index in [1.54, 1.807) is 0 Å². The van der Waals surface area contributed by atoms with Gasteiger partial charge in [0, 0.05) is 22.6 Å². The molecule has 3 N–H and O–H groups in total. The number of nitrogen functional groups attached to an aromatic ring is 1. The number of nitrogens with two attached hydrogens (primary N) is 1. The van der Waals surface area contributed by atoms with Gasteiger partial charge in [-0.05, 0) is 61.9 Å². The molecular weight excluding hydrogens is 406 g/mol. The van der Waals surface area contributed by atoms with E-state index in [0.717, 1.165) is 22.5 Å². The molecule has 0 spiro atoms. The number of benzene rings is 3. The quantitative estimate of drug-likeness (QED) is 0.335. The smallest absolute Gasteiger partial charge is 0.237 e. The fraction of sp³-hybridized carbons (Fsp3) is 0.125. The first kappa shape index (κ1) is 20.7. The average Bonchev–Trinajstić information content (AvgIpc) is 3.19. The molecule has 1 unspecified atom stereocenters. The standard InChI is InChI=1S/C24H23N5OS/c1-16-8-6-7-11-21(16)26-23(30)17(2)31-24-28-27-22(18-12-14-19(25)15-13-18)29(24)20-9-4-3-5-10-20/h3-15,17H,25H2,1-2H3,(H,26,30). The maximum Gasteiger partial charge on any atom is 0.237 e. The van der Waals surface area contributed by atoms with Crippen molar-refractivity contribution < 1.29 is 4.79 Å². The molecule has 0 bridgehead atoms. The predicted molar refractivity (Wildman–Crippen MR) is 126 cm³/mol. The molecule has 3 aromatic carbocycles. The normalized spacial score (nSPS) is 11.8. The molecule has 0 aliphatic rings. The van der Waals surface area contributed by atoms with Crippen molar-refractivity contribution in [2.75, 3.05) is 11.1 Å². The Morgan fingerprint density at radius 2 is 1.65 bits per heavy atom. The molecular formula is C24H23N5OS. The van der Waals surface area contributed by atoms with E-state index in [-0.39, 0.29) is 11.2 Å². The number of aryl methyl sites for hydroxylation is 1. The van der Waals surface area contributed by atoms with Crippen LogP contribution in [0.2, 0.25) is 0 Å². The van der Waals surface area contributed by atoms with Crippen LogP contribution in [0.4, 0.5) is 11.4 Å². The van der Waals surface area contributed by atoms with Crippen molar-refractivity contribution >= 4 is 29.0 Å². The van der Waals surface area contributed by atoms with Crippen molar-refractivity contribution in [3.05, 3.63) is 84.4 Å². The number of hydrogen-bond donors (Lipinski definition) is 2. The van der Waals surface area contributed by atoms with Crippen molar-refractivity contribution in [3.8, 4) is 17.1 Å². The molecule has 31 heavy (non-hydrogen) atoms. The van der Waals surface area contributed by atoms with Crippen molar-refractivity contribution in [1.29, 1.82) is 0 Å². The second kappa shape index (κ2) is 9.06. The molecule has 4 rings (SSSR count). The number of para-hydroxylation sites is 2. The molecule has 4 aromatic rings. The van der Waals surface area contributed by atoms with Crippen LogP contribution in [0.25, 0.3) is 17.1 Å². The first-order valence-corrected chi connectivity index (χ1v) is 10.8. The lowest BCUT2D eigenvalue weighted by atomic mass is 10.2. The SMILES string of the molecule is Cc1ccccc1NC(=O)C(C)Sc1nnc(-c2ccc(N)cc2)n1-c1ccccc1. The summed E-state index contributed by atoms with van der Waals surface area (Å²) >= 11 is 1.37. The Labute approximate surface area is 185 Å². The van der Waals surface area contributed by atoms with Gasteiger partial charge in [0.25, 0.3) is 0 Å². The van der Waals surface area contributed by atoms with Crippen LogP contribution in [-0.2, 0) is 4.79 Å². The number of rotatable bonds is 6. The van der Waals surface area contributed by atoms with Gasteiger partial charge in [0.1, 0.15) is 0 Å². The van der Waals surface area contributed by atoms with Crippen molar-refractivity contribution in [2.24, 2.45) is 0 Å². The monoisotopic (exact) mass is 429 g/mol. The van der Waals surface area contributed by atoms with Gasteiger partial charge < -0.3 is 11.1 Å². The van der Waals surface area contributed by atoms with Crippen LogP contribution in [0.1, 0.15) is 12.5 Å². The van der Waals surface area contributed by atoms with Crippen LogP contribution < -0.4 is 11.1 Å². The van der Waals surface area contributed by atoms with Gasteiger partial charge >= 0.3 is 0 Å². The number of carbonyl (C=O) groups is 1. The second-order valence-electron chi connectivity index (χ2n) is 7.16. The van der Waals surface area contributed by atoms with Gasteiger partial charge in [-0.15, -0.1) is 10.2 Å². The number of aromatic nitrogens is 3. The lowest BCUT2D eigenvalue weighted by Gasteiger charge is -2.15. The second-order valence-corrected chi connectivity index (χ2v) is 8.47. The fourth-order valence-electron chi connectivity index (χ4n) is 3.13. The molecule has 0 saturated heterocycles. The maximum absolute atomic E-state index is 12.8. The molecule has 1 aromatic heterocycles. The highest BCUT2D eigenvalue weighted by atomic mass is 32.2. The summed E-state index contributed by atoms with van der Waals surface area (Å²) in [6.07, 6.45) is 0. The third-order valence-electron chi connectivity index (χ3n) is 4.87. The summed E-state index contributed by atoms with van der Waals surface area (Å²) in [7, 11) is 0. The molecule has 1 heterocycles. The van der Waals surface area contributed by atoms with Gasteiger partial charge in [-0.1, -0.05) is 48.2 Å². The highest BCUT2D eigenvalue weighted by molar-refractivity contribution is 8.00. The predicted octanol–water partition coefficient (Wildman–Crippen LogP) is 4.94. The Morgan fingerprint density at radius 1 is 0.968 bits per heavy atom. The molecule has 0 aliphatic heterocycles. The number of thioether (sulfide) groups is 1. The molecule has 7 heteroatoms. The van der Waals surface area contributed by atoms with Crippen LogP contribution in [0.15, 0.2) is 84.0 Å². The largest absolute Gasteiger partial charge is 0.399 e. The van der Waals surface area contributed by atoms with E-state index in [9.17, 15) is 4.79 Å². The van der Waals surface area contributed by atoms with E-state index in [0.29, 0.717) is 16.7 Å². The molecule has 6 nitrogen and oxygen atoms in total. The molecule has 0 saturated carbocycles. The van der Waals surface area contributed by atoms with E-state index in [1.165, 1.54) is 11.8 Å². The van der Waals surface area contributed by atoms with E-state index < -0.39 is 0 Å². The summed E-state index contributed by atoms with van der Waals surface area (Å²) in [5.74, 6) is 0.608. The van der Waals surface area contributed by atoms with Crippen molar-refractivity contribution in [1.82, 2.24) is 14.8 Å². The summed E-state index contributed by atoms with van der Waals surface area (Å²) in [4.78, 5) is 12.8. The van der Waals surface area contributed by atoms with Gasteiger partial charge in [0.05, 0.1) is 5.25 Å². The summed E-state index contributed by atoms with van der Waals surface area (Å²) in [6, 6.07) is 25.1. The summed E-state index contributed by atoms with van der Waals surface area (Å²) in [5, 5.41) is 12.1. The molecule has 156 valence electrons. The van der Waals surface area contributed by atoms with Gasteiger partial charge in [0.15, 0.2) is 11.0 Å². The zero-order chi connectivity index (χ0) is 21.8. The fourth-order valence-corrected chi connectivity index (χ4v) is 4.00. The zero-order valence-corrected chi connectivity index (χ0v) is 18.1. The number of hydrogen-bond acceptors (Lipinski definition) is 5. The van der Waals surface area contributed by atoms with Crippen LogP contribution >= 0.6 is 11.8 Å². The lowest BCUT2D eigenvalue weighted by Crippen LogP contribution is -2.23. The summed E-state index contributed by atoms with van der Waals surface area (Å²) in [5.41, 5.74) is 10.2. The van der Waals surface area contributed by atoms with Crippen molar-refractivity contribution in [2.45, 2.75) is 24.3 Å². The lowest BCUT2D eigenvalue weighted by molar-refractivity contribution is -0.115. The maximum atomic E-state index is 12.8. The average molecular weight is 430 g/mol. The topological polar surface area (TPSA) is 85.8 Å². The Kier molecular flexibility index (Phi) is 6.04. The van der Waals surface area contributed by atoms with Crippen LogP contribution in [-0.4, -0.2) is 25.9 Å². The Morgan fingerprint density at radius 3 is 2.35 bits per heavy atom. The van der Waals surface area contributed by atoms with Crippen LogP contribution in [0, 0.1) is 6.92 Å². The van der Waals surface area contributed by atoms with E-state index in [2.05, 4.69) is 15.5 Å². The van der Waals surface area contributed by atoms with Gasteiger partial charge in [-0.25, -0.2) is 0 Å². The van der Waals surface area contributed by atoms with E-state index in [4.69, 9.17) is 5.73 Å². The Hall–Kier alpha value is -3.58. The summed E-state index contributed by atoms with van der Waals surface area (Å²) < 4.78 is 1.97. The molecule has 1 atom stereocenters. The minimum atomic E-state index is -0.370. The Balaban J connectivity index is 1.64. The first-order chi connectivity index (χ1) is 15.0. The number of carbonyl (C=O) groups excluding carboxylic acids is 1. The number of amides is 1. The van der Waals surface area contributed by atoms with E-state index in [1.807, 2.05) is 97.3 Å². The first-order valence-electron chi connectivity index (χ1n) is 9.93. The van der Waals surface area contributed by atoms with Gasteiger partial charge in [-0.3, -0.25) is 9.36 Å². The van der Waals surface area contributed by atoms with Gasteiger partial charge in [0.2, 0.25) is 5.91 Å². The molecule has 1 amide bonds. The minimum absolute atomic E-state index is 0.0871. The number of nitrogens with zero attached hydrogens (tertiary/aromatic N) is 3. The van der Waals surface area contributed by atoms with Crippen molar-refractivity contribution in [3.63, 3.8) is 0 Å². The van der Waals surface area contributed by atoms with Gasteiger partial charge in [-0.2, -0.15) is 0 Å². The Bertz CT molecular complexity index is 1190. The summed E-state index contributed by atoms with van der Waals surface area (Å²) in [6.45, 7) is 3.84. The minimum Gasteiger partial charge on any atom is -0.399 e. The molecule has 0 aliphatic carbocycles. The zero-order valence-electron chi connectivity index (χ0n) is 17.3. The third kappa shape index (κ3) is 4.62. The highest BCUT2D eigenvalue weighted by Crippen LogP contribution is 2.31. The third-order valence-corrected chi connectivity index (χ3v) is 5.91.